The minimum absolute atomic E-state index is 0.00915. The maximum absolute atomic E-state index is 13.2. The Hall–Kier alpha value is -2.89. The van der Waals surface area contributed by atoms with E-state index < -0.39 is 5.92 Å². The van der Waals surface area contributed by atoms with Crippen molar-refractivity contribution in [2.45, 2.75) is 25.8 Å². The third-order valence-corrected chi connectivity index (χ3v) is 5.35. The number of amides is 2. The number of likely N-dealkylation sites (N-methyl/N-ethyl adjacent to an activating group) is 1. The van der Waals surface area contributed by atoms with E-state index in [0.717, 1.165) is 11.3 Å². The number of methoxy groups -OCH3 is 1. The van der Waals surface area contributed by atoms with Gasteiger partial charge >= 0.3 is 0 Å². The summed E-state index contributed by atoms with van der Waals surface area (Å²) in [7, 11) is 3.41. The molecule has 6 nitrogen and oxygen atoms in total. The van der Waals surface area contributed by atoms with Crippen LogP contribution < -0.4 is 4.74 Å². The van der Waals surface area contributed by atoms with Crippen LogP contribution in [0.5, 0.6) is 5.75 Å². The highest BCUT2D eigenvalue weighted by Crippen LogP contribution is 2.42. The van der Waals surface area contributed by atoms with Crippen molar-refractivity contribution in [1.29, 1.82) is 0 Å². The van der Waals surface area contributed by atoms with E-state index in [9.17, 15) is 9.59 Å². The summed E-state index contributed by atoms with van der Waals surface area (Å²) in [6.07, 6.45) is 2.66. The average molecular weight is 381 g/mol. The first-order valence-electron chi connectivity index (χ1n) is 9.64. The van der Waals surface area contributed by atoms with E-state index in [1.54, 1.807) is 30.2 Å². The van der Waals surface area contributed by atoms with Gasteiger partial charge in [-0.05, 0) is 25.1 Å². The highest BCUT2D eigenvalue weighted by Gasteiger charge is 2.45. The number of carbonyl (C=O) groups is 2. The molecule has 3 rings (SSSR count). The molecule has 1 fully saturated rings. The van der Waals surface area contributed by atoms with Crippen molar-refractivity contribution in [3.63, 3.8) is 0 Å². The Morgan fingerprint density at radius 2 is 2.00 bits per heavy atom. The van der Waals surface area contributed by atoms with Gasteiger partial charge in [-0.1, -0.05) is 24.3 Å². The minimum Gasteiger partial charge on any atom is -0.496 e. The molecule has 1 saturated heterocycles. The van der Waals surface area contributed by atoms with Crippen LogP contribution in [-0.2, 0) is 16.0 Å². The summed E-state index contributed by atoms with van der Waals surface area (Å²) >= 11 is 0. The summed E-state index contributed by atoms with van der Waals surface area (Å²) in [6.45, 7) is 3.06. The molecule has 2 heterocycles. The van der Waals surface area contributed by atoms with Gasteiger partial charge < -0.3 is 14.5 Å². The zero-order valence-corrected chi connectivity index (χ0v) is 16.7. The van der Waals surface area contributed by atoms with Crippen LogP contribution >= 0.6 is 0 Å². The second-order valence-corrected chi connectivity index (χ2v) is 7.01. The van der Waals surface area contributed by atoms with Gasteiger partial charge in [-0.2, -0.15) is 0 Å². The molecule has 0 N–H and O–H groups in total. The molecule has 6 heteroatoms. The zero-order chi connectivity index (χ0) is 20.1. The van der Waals surface area contributed by atoms with Crippen LogP contribution in [0.3, 0.4) is 0 Å². The van der Waals surface area contributed by atoms with Gasteiger partial charge in [0.15, 0.2) is 0 Å². The molecular formula is C22H27N3O3. The Labute approximate surface area is 166 Å². The summed E-state index contributed by atoms with van der Waals surface area (Å²) in [4.78, 5) is 33.7. The molecule has 0 aliphatic carbocycles. The highest BCUT2D eigenvalue weighted by atomic mass is 16.5. The van der Waals surface area contributed by atoms with Gasteiger partial charge in [-0.25, -0.2) is 0 Å². The van der Waals surface area contributed by atoms with Crippen LogP contribution in [0, 0.1) is 5.92 Å². The molecule has 28 heavy (non-hydrogen) atoms. The maximum atomic E-state index is 13.2. The van der Waals surface area contributed by atoms with Crippen molar-refractivity contribution < 1.29 is 14.3 Å². The molecule has 1 aliphatic rings. The number of hydrogen-bond acceptors (Lipinski definition) is 4. The summed E-state index contributed by atoms with van der Waals surface area (Å²) in [5.74, 6) is 0.276. The standard InChI is InChI=1S/C22H27N3O3/c1-4-25-20(26)15-18(21(25)17-10-5-6-11-19(17)28-3)22(27)24(2)14-12-16-9-7-8-13-23-16/h5-11,13,18,21H,4,12,14-15H2,1-3H3/t18-,21+/m1/s1. The fraction of sp³-hybridized carbons (Fsp3) is 0.409. The smallest absolute Gasteiger partial charge is 0.228 e. The predicted molar refractivity (Wildman–Crippen MR) is 107 cm³/mol. The molecule has 1 aliphatic heterocycles. The lowest BCUT2D eigenvalue weighted by Crippen LogP contribution is -2.38. The van der Waals surface area contributed by atoms with Gasteiger partial charge in [0.1, 0.15) is 5.75 Å². The molecule has 2 amide bonds. The molecule has 0 radical (unpaired) electrons. The Kier molecular flexibility index (Phi) is 6.29. The maximum Gasteiger partial charge on any atom is 0.228 e. The van der Waals surface area contributed by atoms with Crippen LogP contribution in [0.4, 0.5) is 0 Å². The van der Waals surface area contributed by atoms with Crippen LogP contribution in [0.2, 0.25) is 0 Å². The molecule has 0 spiro atoms. The van der Waals surface area contributed by atoms with Gasteiger partial charge in [-0.3, -0.25) is 14.6 Å². The van der Waals surface area contributed by atoms with Gasteiger partial charge in [0.2, 0.25) is 11.8 Å². The molecule has 2 atom stereocenters. The number of hydrogen-bond donors (Lipinski definition) is 0. The third-order valence-electron chi connectivity index (χ3n) is 5.35. The van der Waals surface area contributed by atoms with Crippen molar-refractivity contribution in [2.75, 3.05) is 27.2 Å². The first kappa shape index (κ1) is 19.9. The lowest BCUT2D eigenvalue weighted by atomic mass is 9.91. The van der Waals surface area contributed by atoms with Crippen LogP contribution in [0.25, 0.3) is 0 Å². The topological polar surface area (TPSA) is 62.7 Å². The number of aromatic nitrogens is 1. The fourth-order valence-electron chi connectivity index (χ4n) is 3.90. The van der Waals surface area contributed by atoms with E-state index in [-0.39, 0.29) is 24.3 Å². The number of pyridine rings is 1. The van der Waals surface area contributed by atoms with E-state index in [0.29, 0.717) is 25.3 Å². The Balaban J connectivity index is 1.81. The largest absolute Gasteiger partial charge is 0.496 e. The van der Waals surface area contributed by atoms with Crippen molar-refractivity contribution in [3.8, 4) is 5.75 Å². The number of benzene rings is 1. The Morgan fingerprint density at radius 1 is 1.25 bits per heavy atom. The molecule has 0 unspecified atom stereocenters. The van der Waals surface area contributed by atoms with Crippen molar-refractivity contribution in [1.82, 2.24) is 14.8 Å². The number of rotatable bonds is 7. The Morgan fingerprint density at radius 3 is 2.68 bits per heavy atom. The van der Waals surface area contributed by atoms with Gasteiger partial charge in [0, 0.05) is 50.4 Å². The first-order valence-corrected chi connectivity index (χ1v) is 9.64. The summed E-state index contributed by atoms with van der Waals surface area (Å²) in [6, 6.07) is 13.1. The van der Waals surface area contributed by atoms with Gasteiger partial charge in [0.05, 0.1) is 19.1 Å². The monoisotopic (exact) mass is 381 g/mol. The number of carbonyl (C=O) groups excluding carboxylic acids is 2. The molecule has 1 aromatic heterocycles. The molecule has 2 aromatic rings. The fourth-order valence-corrected chi connectivity index (χ4v) is 3.90. The van der Waals surface area contributed by atoms with Gasteiger partial charge in [-0.15, -0.1) is 0 Å². The van der Waals surface area contributed by atoms with E-state index in [1.807, 2.05) is 49.4 Å². The second-order valence-electron chi connectivity index (χ2n) is 7.01. The Bertz CT molecular complexity index is 825. The quantitative estimate of drug-likeness (QED) is 0.740. The van der Waals surface area contributed by atoms with Gasteiger partial charge in [0.25, 0.3) is 0 Å². The molecule has 0 saturated carbocycles. The summed E-state index contributed by atoms with van der Waals surface area (Å²) < 4.78 is 5.51. The highest BCUT2D eigenvalue weighted by molar-refractivity contribution is 5.90. The normalized spacial score (nSPS) is 19.0. The van der Waals surface area contributed by atoms with Crippen LogP contribution in [-0.4, -0.2) is 53.8 Å². The molecular weight excluding hydrogens is 354 g/mol. The average Bonchev–Trinajstić information content (AvgIpc) is 3.07. The zero-order valence-electron chi connectivity index (χ0n) is 16.7. The number of likely N-dealkylation sites (tertiary alicyclic amines) is 1. The van der Waals surface area contributed by atoms with E-state index >= 15 is 0 Å². The van der Waals surface area contributed by atoms with Crippen molar-refractivity contribution in [2.24, 2.45) is 5.92 Å². The van der Waals surface area contributed by atoms with Crippen molar-refractivity contribution in [3.05, 3.63) is 59.9 Å². The number of nitrogens with zero attached hydrogens (tertiary/aromatic N) is 3. The molecule has 1 aromatic carbocycles. The van der Waals surface area contributed by atoms with E-state index in [2.05, 4.69) is 4.98 Å². The summed E-state index contributed by atoms with van der Waals surface area (Å²) in [5, 5.41) is 0. The van der Waals surface area contributed by atoms with Crippen LogP contribution in [0.15, 0.2) is 48.7 Å². The SMILES string of the molecule is CCN1C(=O)C[C@@H](C(=O)N(C)CCc2ccccn2)[C@@H]1c1ccccc1OC. The third kappa shape index (κ3) is 4.01. The second kappa shape index (κ2) is 8.87. The number of para-hydroxylation sites is 1. The van der Waals surface area contributed by atoms with E-state index in [4.69, 9.17) is 4.74 Å². The molecule has 0 bridgehead atoms. The van der Waals surface area contributed by atoms with E-state index in [1.165, 1.54) is 0 Å². The van der Waals surface area contributed by atoms with Crippen molar-refractivity contribution >= 4 is 11.8 Å². The predicted octanol–water partition coefficient (Wildman–Crippen LogP) is 2.70. The lowest BCUT2D eigenvalue weighted by molar-refractivity contribution is -0.135. The van der Waals surface area contributed by atoms with Crippen LogP contribution in [0.1, 0.15) is 30.6 Å². The minimum atomic E-state index is -0.419. The number of ether oxygens (including phenoxy) is 1. The summed E-state index contributed by atoms with van der Waals surface area (Å²) in [5.41, 5.74) is 1.83. The lowest BCUT2D eigenvalue weighted by Gasteiger charge is -2.30. The molecule has 148 valence electrons. The first-order chi connectivity index (χ1) is 13.6.